The number of aryl methyl sites for hydroxylation is 1. The Balaban J connectivity index is 1.81. The van der Waals surface area contributed by atoms with Crippen molar-refractivity contribution < 1.29 is 4.79 Å². The highest BCUT2D eigenvalue weighted by Gasteiger charge is 2.21. The van der Waals surface area contributed by atoms with E-state index in [9.17, 15) is 4.79 Å². The first kappa shape index (κ1) is 17.6. The average molecular weight is 374 g/mol. The molecular formula is C19H20ClN3OS. The maximum atomic E-state index is 12.4. The Hall–Kier alpha value is -2.24. The van der Waals surface area contributed by atoms with Gasteiger partial charge in [0.25, 0.3) is 0 Å². The Morgan fingerprint density at radius 3 is 2.52 bits per heavy atom. The van der Waals surface area contributed by atoms with Crippen LogP contribution in [0.4, 0.5) is 10.5 Å². The zero-order valence-corrected chi connectivity index (χ0v) is 15.9. The predicted molar refractivity (Wildman–Crippen MR) is 105 cm³/mol. The van der Waals surface area contributed by atoms with Crippen LogP contribution in [0.1, 0.15) is 29.0 Å². The molecule has 2 amide bonds. The molecule has 2 aromatic heterocycles. The molecule has 0 aliphatic carbocycles. The Morgan fingerprint density at radius 2 is 1.84 bits per heavy atom. The molecule has 130 valence electrons. The number of hydrogen-bond acceptors (Lipinski definition) is 2. The lowest BCUT2D eigenvalue weighted by atomic mass is 10.1. The van der Waals surface area contributed by atoms with Crippen molar-refractivity contribution in [2.24, 2.45) is 0 Å². The zero-order valence-electron chi connectivity index (χ0n) is 14.3. The Morgan fingerprint density at radius 1 is 1.16 bits per heavy atom. The van der Waals surface area contributed by atoms with Crippen LogP contribution in [-0.4, -0.2) is 10.6 Å². The summed E-state index contributed by atoms with van der Waals surface area (Å²) < 4.78 is 2.09. The van der Waals surface area contributed by atoms with Crippen LogP contribution in [0.25, 0.3) is 5.00 Å². The molecule has 3 aromatic rings. The first-order valence-corrected chi connectivity index (χ1v) is 9.22. The van der Waals surface area contributed by atoms with E-state index in [-0.39, 0.29) is 12.1 Å². The van der Waals surface area contributed by atoms with Crippen LogP contribution in [0, 0.1) is 13.8 Å². The molecule has 4 nitrogen and oxygen atoms in total. The fraction of sp³-hybridized carbons (Fsp3) is 0.211. The van der Waals surface area contributed by atoms with Crippen molar-refractivity contribution in [3.05, 3.63) is 69.8 Å². The third kappa shape index (κ3) is 3.72. The summed E-state index contributed by atoms with van der Waals surface area (Å²) in [6.45, 7) is 6.19. The number of para-hydroxylation sites is 1. The van der Waals surface area contributed by atoms with Crippen molar-refractivity contribution in [3.63, 3.8) is 0 Å². The van der Waals surface area contributed by atoms with Crippen LogP contribution >= 0.6 is 22.9 Å². The molecule has 0 saturated heterocycles. The second kappa shape index (κ2) is 7.33. The summed E-state index contributed by atoms with van der Waals surface area (Å²) >= 11 is 7.83. The van der Waals surface area contributed by atoms with E-state index in [1.165, 1.54) is 10.4 Å². The van der Waals surface area contributed by atoms with Crippen LogP contribution < -0.4 is 10.6 Å². The number of nitrogens with one attached hydrogen (secondary N) is 2. The number of aromatic nitrogens is 1. The standard InChI is InChI=1S/C19H20ClN3OS/c1-12-14(3)25-18(23-10-6-7-11-23)17(12)13(2)21-19(24)22-16-9-5-4-8-15(16)20/h4-11,13H,1-3H3,(H2,21,22,24)/t13-/m0/s1. The van der Waals surface area contributed by atoms with Crippen LogP contribution in [0.2, 0.25) is 5.02 Å². The maximum absolute atomic E-state index is 12.4. The molecule has 0 fully saturated rings. The quantitative estimate of drug-likeness (QED) is 0.606. The van der Waals surface area contributed by atoms with Gasteiger partial charge in [-0.1, -0.05) is 23.7 Å². The molecule has 0 aliphatic heterocycles. The molecule has 6 heteroatoms. The van der Waals surface area contributed by atoms with Crippen LogP contribution in [-0.2, 0) is 0 Å². The van der Waals surface area contributed by atoms with E-state index in [4.69, 9.17) is 11.6 Å². The van der Waals surface area contributed by atoms with E-state index in [1.807, 2.05) is 43.6 Å². The van der Waals surface area contributed by atoms with Crippen molar-refractivity contribution in [1.82, 2.24) is 9.88 Å². The minimum Gasteiger partial charge on any atom is -0.331 e. The number of hydrogen-bond donors (Lipinski definition) is 2. The first-order chi connectivity index (χ1) is 12.0. The smallest absolute Gasteiger partial charge is 0.319 e. The molecule has 25 heavy (non-hydrogen) atoms. The number of thiophene rings is 1. The molecular weight excluding hydrogens is 354 g/mol. The zero-order chi connectivity index (χ0) is 18.0. The summed E-state index contributed by atoms with van der Waals surface area (Å²) in [6.07, 6.45) is 4.04. The highest BCUT2D eigenvalue weighted by atomic mass is 35.5. The summed E-state index contributed by atoms with van der Waals surface area (Å²) in [5.41, 5.74) is 2.94. The lowest BCUT2D eigenvalue weighted by Gasteiger charge is -2.18. The van der Waals surface area contributed by atoms with E-state index < -0.39 is 0 Å². The van der Waals surface area contributed by atoms with Crippen molar-refractivity contribution >= 4 is 34.7 Å². The first-order valence-electron chi connectivity index (χ1n) is 8.02. The molecule has 1 atom stereocenters. The molecule has 0 bridgehead atoms. The van der Waals surface area contributed by atoms with Gasteiger partial charge in [0.1, 0.15) is 5.00 Å². The number of carbonyl (C=O) groups is 1. The van der Waals surface area contributed by atoms with Gasteiger partial charge >= 0.3 is 6.03 Å². The maximum Gasteiger partial charge on any atom is 0.319 e. The van der Waals surface area contributed by atoms with Crippen LogP contribution in [0.5, 0.6) is 0 Å². The van der Waals surface area contributed by atoms with Gasteiger partial charge in [0.2, 0.25) is 0 Å². The predicted octanol–water partition coefficient (Wildman–Crippen LogP) is 5.69. The normalized spacial score (nSPS) is 12.0. The van der Waals surface area contributed by atoms with Crippen molar-refractivity contribution in [1.29, 1.82) is 0 Å². The third-order valence-corrected chi connectivity index (χ3v) is 5.72. The van der Waals surface area contributed by atoms with Gasteiger partial charge in [-0.15, -0.1) is 11.3 Å². The number of nitrogens with zero attached hydrogens (tertiary/aromatic N) is 1. The molecule has 0 radical (unpaired) electrons. The lowest BCUT2D eigenvalue weighted by Crippen LogP contribution is -2.31. The summed E-state index contributed by atoms with van der Waals surface area (Å²) in [4.78, 5) is 13.6. The SMILES string of the molecule is Cc1sc(-n2cccc2)c([C@H](C)NC(=O)Nc2ccccc2Cl)c1C. The number of benzene rings is 1. The monoisotopic (exact) mass is 373 g/mol. The van der Waals surface area contributed by atoms with Crippen molar-refractivity contribution in [2.45, 2.75) is 26.8 Å². The summed E-state index contributed by atoms with van der Waals surface area (Å²) in [5.74, 6) is 0. The number of carbonyl (C=O) groups excluding carboxylic acids is 1. The van der Waals surface area contributed by atoms with Gasteiger partial charge in [0, 0.05) is 22.8 Å². The average Bonchev–Trinajstić information content (AvgIpc) is 3.18. The lowest BCUT2D eigenvalue weighted by molar-refractivity contribution is 0.249. The Kier molecular flexibility index (Phi) is 5.16. The number of halogens is 1. The highest BCUT2D eigenvalue weighted by molar-refractivity contribution is 7.14. The highest BCUT2D eigenvalue weighted by Crippen LogP contribution is 2.35. The summed E-state index contributed by atoms with van der Waals surface area (Å²) in [7, 11) is 0. The van der Waals surface area contributed by atoms with Gasteiger partial charge < -0.3 is 15.2 Å². The minimum atomic E-state index is -0.276. The number of urea groups is 1. The van der Waals surface area contributed by atoms with E-state index in [0.29, 0.717) is 10.7 Å². The van der Waals surface area contributed by atoms with E-state index >= 15 is 0 Å². The van der Waals surface area contributed by atoms with Gasteiger partial charge in [-0.2, -0.15) is 0 Å². The fourth-order valence-corrected chi connectivity index (χ4v) is 4.19. The van der Waals surface area contributed by atoms with Gasteiger partial charge in [0.15, 0.2) is 0 Å². The number of anilines is 1. The molecule has 3 rings (SSSR count). The molecule has 0 saturated carbocycles. The van der Waals surface area contributed by atoms with Crippen molar-refractivity contribution in [2.75, 3.05) is 5.32 Å². The topological polar surface area (TPSA) is 46.1 Å². The largest absolute Gasteiger partial charge is 0.331 e. The fourth-order valence-electron chi connectivity index (χ4n) is 2.79. The second-order valence-corrected chi connectivity index (χ2v) is 7.50. The molecule has 2 heterocycles. The van der Waals surface area contributed by atoms with E-state index in [2.05, 4.69) is 29.0 Å². The molecule has 2 N–H and O–H groups in total. The molecule has 1 aromatic carbocycles. The van der Waals surface area contributed by atoms with E-state index in [0.717, 1.165) is 10.6 Å². The minimum absolute atomic E-state index is 0.134. The van der Waals surface area contributed by atoms with E-state index in [1.54, 1.807) is 23.5 Å². The van der Waals surface area contributed by atoms with Gasteiger partial charge in [0.05, 0.1) is 16.8 Å². The number of rotatable bonds is 4. The van der Waals surface area contributed by atoms with Crippen molar-refractivity contribution in [3.8, 4) is 5.00 Å². The third-order valence-electron chi connectivity index (χ3n) is 4.15. The molecule has 0 unspecified atom stereocenters. The number of amides is 2. The van der Waals surface area contributed by atoms with Crippen LogP contribution in [0.3, 0.4) is 0 Å². The summed E-state index contributed by atoms with van der Waals surface area (Å²) in [6, 6.07) is 10.8. The van der Waals surface area contributed by atoms with Gasteiger partial charge in [-0.05, 0) is 50.6 Å². The van der Waals surface area contributed by atoms with Crippen LogP contribution in [0.15, 0.2) is 48.8 Å². The Labute approximate surface area is 156 Å². The van der Waals surface area contributed by atoms with Gasteiger partial charge in [-0.3, -0.25) is 0 Å². The second-order valence-electron chi connectivity index (χ2n) is 5.89. The van der Waals surface area contributed by atoms with Gasteiger partial charge in [-0.25, -0.2) is 4.79 Å². The molecule has 0 aliphatic rings. The summed E-state index contributed by atoms with van der Waals surface area (Å²) in [5, 5.41) is 7.46. The molecule has 0 spiro atoms. The Bertz CT molecular complexity index is 886.